The lowest BCUT2D eigenvalue weighted by atomic mass is 9.88. The lowest BCUT2D eigenvalue weighted by Gasteiger charge is -2.28. The quantitative estimate of drug-likeness (QED) is 0.499. The number of aryl methyl sites for hydroxylation is 2. The summed E-state index contributed by atoms with van der Waals surface area (Å²) in [6, 6.07) is 20.4. The molecule has 1 aliphatic heterocycles. The molecule has 2 aliphatic rings. The van der Waals surface area contributed by atoms with Gasteiger partial charge in [-0.05, 0) is 80.0 Å². The standard InChI is InChI=1S/C28H31N3O3S/c1-20-9-2-4-12-23(20)28(32)29-22-15-16-26(31-17-6-7-18-31)27(19-22)35(33,34)30-25-14-8-11-21-10-3-5-13-24(21)25/h2-5,9-10,12-13,15-16,19,25,30H,6-8,11,14,17-18H2,1H3,(H,29,32)/t25-/m0/s1. The van der Waals surface area contributed by atoms with Gasteiger partial charge in [0.1, 0.15) is 4.90 Å². The third kappa shape index (κ3) is 4.97. The maximum Gasteiger partial charge on any atom is 0.255 e. The van der Waals surface area contributed by atoms with Crippen molar-refractivity contribution in [3.63, 3.8) is 0 Å². The van der Waals surface area contributed by atoms with E-state index in [2.05, 4.69) is 21.0 Å². The Hall–Kier alpha value is -3.16. The van der Waals surface area contributed by atoms with Gasteiger partial charge in [0.25, 0.3) is 5.91 Å². The van der Waals surface area contributed by atoms with E-state index in [1.807, 2.05) is 49.4 Å². The lowest BCUT2D eigenvalue weighted by molar-refractivity contribution is 0.102. The van der Waals surface area contributed by atoms with Crippen molar-refractivity contribution in [3.05, 3.63) is 89.0 Å². The van der Waals surface area contributed by atoms with Crippen LogP contribution in [-0.2, 0) is 16.4 Å². The molecular weight excluding hydrogens is 458 g/mol. The Bertz CT molecular complexity index is 1350. The van der Waals surface area contributed by atoms with Crippen LogP contribution in [0.5, 0.6) is 0 Å². The fourth-order valence-corrected chi connectivity index (χ4v) is 6.68. The Morgan fingerprint density at radius 1 is 0.943 bits per heavy atom. The second-order valence-electron chi connectivity index (χ2n) is 9.41. The highest BCUT2D eigenvalue weighted by Crippen LogP contribution is 2.35. The molecule has 2 N–H and O–H groups in total. The highest BCUT2D eigenvalue weighted by atomic mass is 32.2. The van der Waals surface area contributed by atoms with Crippen molar-refractivity contribution in [2.24, 2.45) is 0 Å². The van der Waals surface area contributed by atoms with Gasteiger partial charge >= 0.3 is 0 Å². The smallest absolute Gasteiger partial charge is 0.255 e. The van der Waals surface area contributed by atoms with E-state index in [-0.39, 0.29) is 16.8 Å². The molecule has 1 fully saturated rings. The predicted octanol–water partition coefficient (Wildman–Crippen LogP) is 5.20. The number of hydrogen-bond donors (Lipinski definition) is 2. The summed E-state index contributed by atoms with van der Waals surface area (Å²) in [6.45, 7) is 3.53. The van der Waals surface area contributed by atoms with E-state index in [4.69, 9.17) is 0 Å². The van der Waals surface area contributed by atoms with Gasteiger partial charge in [-0.25, -0.2) is 13.1 Å². The van der Waals surface area contributed by atoms with Crippen LogP contribution in [0.15, 0.2) is 71.6 Å². The van der Waals surface area contributed by atoms with E-state index in [1.54, 1.807) is 18.2 Å². The van der Waals surface area contributed by atoms with E-state index < -0.39 is 10.0 Å². The zero-order valence-electron chi connectivity index (χ0n) is 20.0. The van der Waals surface area contributed by atoms with Gasteiger partial charge < -0.3 is 10.2 Å². The second-order valence-corrected chi connectivity index (χ2v) is 11.1. The van der Waals surface area contributed by atoms with Gasteiger partial charge in [-0.15, -0.1) is 0 Å². The van der Waals surface area contributed by atoms with E-state index >= 15 is 0 Å². The maximum absolute atomic E-state index is 13.8. The minimum absolute atomic E-state index is 0.213. The van der Waals surface area contributed by atoms with Crippen molar-refractivity contribution in [1.82, 2.24) is 4.72 Å². The number of carbonyl (C=O) groups is 1. The number of rotatable bonds is 6. The molecule has 1 heterocycles. The molecule has 0 bridgehead atoms. The summed E-state index contributed by atoms with van der Waals surface area (Å²) >= 11 is 0. The summed E-state index contributed by atoms with van der Waals surface area (Å²) in [7, 11) is -3.84. The number of fused-ring (bicyclic) bond motifs is 1. The summed E-state index contributed by atoms with van der Waals surface area (Å²) in [6.07, 6.45) is 4.74. The molecule has 0 spiro atoms. The van der Waals surface area contributed by atoms with Crippen LogP contribution in [-0.4, -0.2) is 27.4 Å². The summed E-state index contributed by atoms with van der Waals surface area (Å²) in [5.41, 5.74) is 4.83. The van der Waals surface area contributed by atoms with Crippen molar-refractivity contribution in [2.45, 2.75) is 50.0 Å². The van der Waals surface area contributed by atoms with Crippen LogP contribution in [0.2, 0.25) is 0 Å². The molecular formula is C28H31N3O3S. The molecule has 0 unspecified atom stereocenters. The fourth-order valence-electron chi connectivity index (χ4n) is 5.18. The number of anilines is 2. The van der Waals surface area contributed by atoms with Crippen molar-refractivity contribution < 1.29 is 13.2 Å². The van der Waals surface area contributed by atoms with Crippen LogP contribution >= 0.6 is 0 Å². The first-order valence-corrected chi connectivity index (χ1v) is 13.8. The largest absolute Gasteiger partial charge is 0.370 e. The molecule has 3 aromatic rings. The van der Waals surface area contributed by atoms with Gasteiger partial charge in [0.2, 0.25) is 10.0 Å². The molecule has 5 rings (SSSR count). The SMILES string of the molecule is Cc1ccccc1C(=O)Nc1ccc(N2CCCC2)c(S(=O)(=O)N[C@H]2CCCc3ccccc32)c1. The molecule has 35 heavy (non-hydrogen) atoms. The van der Waals surface area contributed by atoms with Crippen molar-refractivity contribution in [1.29, 1.82) is 0 Å². The van der Waals surface area contributed by atoms with E-state index in [0.29, 0.717) is 16.9 Å². The molecule has 182 valence electrons. The van der Waals surface area contributed by atoms with Crippen LogP contribution in [0.4, 0.5) is 11.4 Å². The zero-order chi connectivity index (χ0) is 24.4. The summed E-state index contributed by atoms with van der Waals surface area (Å²) in [4.78, 5) is 15.2. The average molecular weight is 490 g/mol. The molecule has 1 aliphatic carbocycles. The van der Waals surface area contributed by atoms with Crippen LogP contribution in [0.25, 0.3) is 0 Å². The molecule has 1 saturated heterocycles. The van der Waals surface area contributed by atoms with Crippen LogP contribution in [0.1, 0.15) is 58.8 Å². The maximum atomic E-state index is 13.8. The molecule has 0 radical (unpaired) electrons. The molecule has 6 nitrogen and oxygen atoms in total. The third-order valence-electron chi connectivity index (χ3n) is 7.01. The number of amides is 1. The Morgan fingerprint density at radius 3 is 2.49 bits per heavy atom. The molecule has 1 amide bonds. The lowest BCUT2D eigenvalue weighted by Crippen LogP contribution is -2.32. The van der Waals surface area contributed by atoms with Crippen molar-refractivity contribution in [2.75, 3.05) is 23.3 Å². The molecule has 7 heteroatoms. The van der Waals surface area contributed by atoms with E-state index in [1.165, 1.54) is 5.56 Å². The van der Waals surface area contributed by atoms with Gasteiger partial charge in [0.05, 0.1) is 5.69 Å². The Morgan fingerprint density at radius 2 is 1.69 bits per heavy atom. The summed E-state index contributed by atoms with van der Waals surface area (Å²) in [5, 5.41) is 2.90. The second kappa shape index (κ2) is 9.84. The summed E-state index contributed by atoms with van der Waals surface area (Å²) in [5.74, 6) is -0.255. The molecule has 0 saturated carbocycles. The monoisotopic (exact) mass is 489 g/mol. The normalized spacial score (nSPS) is 17.7. The predicted molar refractivity (Wildman–Crippen MR) is 139 cm³/mol. The fraction of sp³-hybridized carbons (Fsp3) is 0.321. The average Bonchev–Trinajstić information content (AvgIpc) is 3.39. The number of nitrogens with one attached hydrogen (secondary N) is 2. The number of carbonyl (C=O) groups excluding carboxylic acids is 1. The first kappa shape index (κ1) is 23.6. The topological polar surface area (TPSA) is 78.5 Å². The minimum Gasteiger partial charge on any atom is -0.370 e. The van der Waals surface area contributed by atoms with E-state index in [0.717, 1.165) is 56.3 Å². The molecule has 3 aromatic carbocycles. The van der Waals surface area contributed by atoms with Gasteiger partial charge in [0.15, 0.2) is 0 Å². The number of benzene rings is 3. The van der Waals surface area contributed by atoms with Gasteiger partial charge in [-0.1, -0.05) is 42.5 Å². The number of sulfonamides is 1. The Balaban J connectivity index is 1.48. The van der Waals surface area contributed by atoms with Crippen molar-refractivity contribution >= 4 is 27.3 Å². The van der Waals surface area contributed by atoms with E-state index in [9.17, 15) is 13.2 Å². The van der Waals surface area contributed by atoms with Gasteiger partial charge in [-0.2, -0.15) is 0 Å². The molecule has 1 atom stereocenters. The number of nitrogens with zero attached hydrogens (tertiary/aromatic N) is 1. The van der Waals surface area contributed by atoms with Crippen LogP contribution in [0.3, 0.4) is 0 Å². The number of hydrogen-bond acceptors (Lipinski definition) is 4. The van der Waals surface area contributed by atoms with Gasteiger partial charge in [0, 0.05) is 30.4 Å². The van der Waals surface area contributed by atoms with Crippen LogP contribution < -0.4 is 14.9 Å². The van der Waals surface area contributed by atoms with Crippen molar-refractivity contribution in [3.8, 4) is 0 Å². The first-order chi connectivity index (χ1) is 16.9. The summed E-state index contributed by atoms with van der Waals surface area (Å²) < 4.78 is 30.6. The minimum atomic E-state index is -3.84. The van der Waals surface area contributed by atoms with Gasteiger partial charge in [-0.3, -0.25) is 4.79 Å². The zero-order valence-corrected chi connectivity index (χ0v) is 20.8. The Kier molecular flexibility index (Phi) is 6.62. The Labute approximate surface area is 207 Å². The third-order valence-corrected chi connectivity index (χ3v) is 8.51. The molecule has 0 aromatic heterocycles. The van der Waals surface area contributed by atoms with Crippen LogP contribution in [0, 0.1) is 6.92 Å². The first-order valence-electron chi connectivity index (χ1n) is 12.3. The highest BCUT2D eigenvalue weighted by Gasteiger charge is 2.29. The highest BCUT2D eigenvalue weighted by molar-refractivity contribution is 7.89.